The second kappa shape index (κ2) is 9.37. The predicted octanol–water partition coefficient (Wildman–Crippen LogP) is 4.37. The van der Waals surface area contributed by atoms with Crippen molar-refractivity contribution in [1.82, 2.24) is 5.32 Å². The molecule has 0 aliphatic carbocycles. The van der Waals surface area contributed by atoms with Crippen LogP contribution in [0.1, 0.15) is 11.1 Å². The van der Waals surface area contributed by atoms with Crippen molar-refractivity contribution in [3.05, 3.63) is 95.7 Å². The number of ether oxygens (including phenoxy) is 2. The molecule has 142 valence electrons. The summed E-state index contributed by atoms with van der Waals surface area (Å²) in [5, 5.41) is 4.69. The van der Waals surface area contributed by atoms with E-state index in [0.29, 0.717) is 6.42 Å². The van der Waals surface area contributed by atoms with E-state index in [1.54, 1.807) is 6.08 Å². The van der Waals surface area contributed by atoms with Gasteiger partial charge in [0.25, 0.3) is 0 Å². The summed E-state index contributed by atoms with van der Waals surface area (Å²) < 4.78 is 9.95. The first kappa shape index (κ1) is 19.2. The smallest absolute Gasteiger partial charge is 0.412 e. The van der Waals surface area contributed by atoms with Gasteiger partial charge in [-0.3, -0.25) is 5.32 Å². The number of alkyl carbamates (subject to hydrolysis) is 1. The van der Waals surface area contributed by atoms with Crippen LogP contribution in [0.4, 0.5) is 4.79 Å². The van der Waals surface area contributed by atoms with E-state index >= 15 is 0 Å². The lowest BCUT2D eigenvalue weighted by Gasteiger charge is -2.10. The van der Waals surface area contributed by atoms with Gasteiger partial charge in [-0.25, -0.2) is 9.59 Å². The number of carbonyl (C=O) groups is 2. The molecule has 1 amide bonds. The first-order valence-electron chi connectivity index (χ1n) is 8.90. The molecule has 0 saturated carbocycles. The summed E-state index contributed by atoms with van der Waals surface area (Å²) in [6.45, 7) is 0.116. The summed E-state index contributed by atoms with van der Waals surface area (Å²) in [7, 11) is 1.27. The lowest BCUT2D eigenvalue weighted by molar-refractivity contribution is -0.136. The molecular weight excluding hydrogens is 354 g/mol. The van der Waals surface area contributed by atoms with Crippen LogP contribution in [0.2, 0.25) is 0 Å². The van der Waals surface area contributed by atoms with Gasteiger partial charge in [-0.1, -0.05) is 72.8 Å². The number of benzene rings is 3. The Morgan fingerprint density at radius 1 is 0.929 bits per heavy atom. The van der Waals surface area contributed by atoms with Gasteiger partial charge in [0.1, 0.15) is 12.3 Å². The molecule has 0 aliphatic heterocycles. The zero-order valence-electron chi connectivity index (χ0n) is 15.6. The molecule has 5 nitrogen and oxygen atoms in total. The van der Waals surface area contributed by atoms with E-state index in [0.717, 1.165) is 21.9 Å². The standard InChI is InChI=1S/C23H21NO4/c1-27-22(25)21(24-23(26)28-16-17-8-3-2-4-9-17)15-14-19-12-7-11-18-10-5-6-13-20(18)19/h2-13,15H,14,16H2,1H3,(H,24,26)/b21-15+. The first-order chi connectivity index (χ1) is 13.7. The molecule has 1 N–H and O–H groups in total. The van der Waals surface area contributed by atoms with Crippen LogP contribution in [0.5, 0.6) is 0 Å². The van der Waals surface area contributed by atoms with Gasteiger partial charge >= 0.3 is 12.1 Å². The average molecular weight is 375 g/mol. The van der Waals surface area contributed by atoms with Crippen LogP contribution in [0.3, 0.4) is 0 Å². The van der Waals surface area contributed by atoms with Gasteiger partial charge in [-0.2, -0.15) is 0 Å². The molecular formula is C23H21NO4. The minimum atomic E-state index is -0.710. The number of allylic oxidation sites excluding steroid dienone is 1. The molecule has 0 bridgehead atoms. The molecule has 0 aliphatic rings. The first-order valence-corrected chi connectivity index (χ1v) is 8.90. The van der Waals surface area contributed by atoms with Crippen LogP contribution in [-0.2, 0) is 27.3 Å². The van der Waals surface area contributed by atoms with Crippen molar-refractivity contribution in [3.8, 4) is 0 Å². The van der Waals surface area contributed by atoms with E-state index in [2.05, 4.69) is 5.32 Å². The third kappa shape index (κ3) is 4.98. The fraction of sp³-hybridized carbons (Fsp3) is 0.130. The van der Waals surface area contributed by atoms with Gasteiger partial charge in [0.05, 0.1) is 7.11 Å². The van der Waals surface area contributed by atoms with E-state index in [9.17, 15) is 9.59 Å². The Bertz CT molecular complexity index is 990. The minimum Gasteiger partial charge on any atom is -0.464 e. The number of methoxy groups -OCH3 is 1. The third-order valence-electron chi connectivity index (χ3n) is 4.26. The maximum atomic E-state index is 12.1. The molecule has 5 heteroatoms. The second-order valence-electron chi connectivity index (χ2n) is 6.14. The van der Waals surface area contributed by atoms with Gasteiger partial charge in [-0.05, 0) is 34.4 Å². The van der Waals surface area contributed by atoms with Gasteiger partial charge in [0.15, 0.2) is 0 Å². The van der Waals surface area contributed by atoms with Gasteiger partial charge in [0.2, 0.25) is 0 Å². The summed E-state index contributed by atoms with van der Waals surface area (Å²) in [6, 6.07) is 23.3. The highest BCUT2D eigenvalue weighted by molar-refractivity contribution is 5.92. The fourth-order valence-corrected chi connectivity index (χ4v) is 2.85. The van der Waals surface area contributed by atoms with Crippen molar-refractivity contribution < 1.29 is 19.1 Å². The maximum Gasteiger partial charge on any atom is 0.412 e. The van der Waals surface area contributed by atoms with E-state index in [4.69, 9.17) is 9.47 Å². The number of nitrogens with one attached hydrogen (secondary N) is 1. The average Bonchev–Trinajstić information content (AvgIpc) is 2.75. The Labute approximate surface area is 163 Å². The zero-order chi connectivity index (χ0) is 19.8. The molecule has 0 aromatic heterocycles. The third-order valence-corrected chi connectivity index (χ3v) is 4.26. The molecule has 0 heterocycles. The number of fused-ring (bicyclic) bond motifs is 1. The van der Waals surface area contributed by atoms with Crippen molar-refractivity contribution in [2.75, 3.05) is 7.11 Å². The molecule has 3 aromatic carbocycles. The highest BCUT2D eigenvalue weighted by Crippen LogP contribution is 2.19. The topological polar surface area (TPSA) is 64.6 Å². The van der Waals surface area contributed by atoms with Gasteiger partial charge in [0, 0.05) is 0 Å². The van der Waals surface area contributed by atoms with Crippen LogP contribution < -0.4 is 5.32 Å². The van der Waals surface area contributed by atoms with E-state index < -0.39 is 12.1 Å². The predicted molar refractivity (Wildman–Crippen MR) is 108 cm³/mol. The Morgan fingerprint density at radius 2 is 1.64 bits per heavy atom. The highest BCUT2D eigenvalue weighted by Gasteiger charge is 2.14. The van der Waals surface area contributed by atoms with Crippen molar-refractivity contribution in [2.24, 2.45) is 0 Å². The van der Waals surface area contributed by atoms with E-state index in [-0.39, 0.29) is 12.3 Å². The molecule has 0 unspecified atom stereocenters. The van der Waals surface area contributed by atoms with Crippen molar-refractivity contribution in [1.29, 1.82) is 0 Å². The molecule has 0 saturated heterocycles. The molecule has 0 radical (unpaired) electrons. The van der Waals surface area contributed by atoms with Gasteiger partial charge < -0.3 is 9.47 Å². The summed E-state index contributed by atoms with van der Waals surface area (Å²) in [5.41, 5.74) is 1.95. The summed E-state index contributed by atoms with van der Waals surface area (Å²) in [4.78, 5) is 24.1. The molecule has 28 heavy (non-hydrogen) atoms. The van der Waals surface area contributed by atoms with Crippen molar-refractivity contribution in [3.63, 3.8) is 0 Å². The normalized spacial score (nSPS) is 11.1. The number of carbonyl (C=O) groups excluding carboxylic acids is 2. The monoisotopic (exact) mass is 375 g/mol. The lowest BCUT2D eigenvalue weighted by Crippen LogP contribution is -2.28. The van der Waals surface area contributed by atoms with Crippen molar-refractivity contribution >= 4 is 22.8 Å². The van der Waals surface area contributed by atoms with Crippen LogP contribution in [-0.4, -0.2) is 19.2 Å². The molecule has 0 spiro atoms. The Hall–Kier alpha value is -3.60. The van der Waals surface area contributed by atoms with E-state index in [1.165, 1.54) is 7.11 Å². The van der Waals surface area contributed by atoms with Crippen LogP contribution >= 0.6 is 0 Å². The number of hydrogen-bond acceptors (Lipinski definition) is 4. The molecule has 3 rings (SSSR count). The summed E-state index contributed by atoms with van der Waals surface area (Å²) >= 11 is 0. The fourth-order valence-electron chi connectivity index (χ4n) is 2.85. The summed E-state index contributed by atoms with van der Waals surface area (Å²) in [6.07, 6.45) is 1.39. The summed E-state index contributed by atoms with van der Waals surface area (Å²) in [5.74, 6) is -0.628. The molecule has 0 fully saturated rings. The van der Waals surface area contributed by atoms with Gasteiger partial charge in [-0.15, -0.1) is 0 Å². The Morgan fingerprint density at radius 3 is 2.43 bits per heavy atom. The van der Waals surface area contributed by atoms with Crippen LogP contribution in [0, 0.1) is 0 Å². The number of rotatable bonds is 6. The lowest BCUT2D eigenvalue weighted by atomic mass is 10.0. The highest BCUT2D eigenvalue weighted by atomic mass is 16.6. The minimum absolute atomic E-state index is 0.0495. The second-order valence-corrected chi connectivity index (χ2v) is 6.14. The largest absolute Gasteiger partial charge is 0.464 e. The quantitative estimate of drug-likeness (QED) is 0.513. The molecule has 3 aromatic rings. The number of amides is 1. The molecule has 0 atom stereocenters. The maximum absolute atomic E-state index is 12.1. The Balaban J connectivity index is 1.70. The van der Waals surface area contributed by atoms with Crippen LogP contribution in [0.25, 0.3) is 10.8 Å². The number of esters is 1. The van der Waals surface area contributed by atoms with Crippen LogP contribution in [0.15, 0.2) is 84.6 Å². The van der Waals surface area contributed by atoms with Crippen molar-refractivity contribution in [2.45, 2.75) is 13.0 Å². The number of hydrogen-bond donors (Lipinski definition) is 1. The Kier molecular flexibility index (Phi) is 6.41. The SMILES string of the molecule is COC(=O)/C(=C\Cc1cccc2ccccc12)NC(=O)OCc1ccccc1. The zero-order valence-corrected chi connectivity index (χ0v) is 15.6. The van der Waals surface area contributed by atoms with E-state index in [1.807, 2.05) is 72.8 Å².